The first-order valence-electron chi connectivity index (χ1n) is 9.51. The maximum atomic E-state index is 13.5. The normalized spacial score (nSPS) is 11.3. The van der Waals surface area contributed by atoms with Gasteiger partial charge in [-0.1, -0.05) is 23.2 Å². The van der Waals surface area contributed by atoms with E-state index in [-0.39, 0.29) is 11.4 Å². The first-order chi connectivity index (χ1) is 15.7. The van der Waals surface area contributed by atoms with E-state index >= 15 is 0 Å². The number of anilines is 1. The summed E-state index contributed by atoms with van der Waals surface area (Å²) in [5.41, 5.74) is 0.00687. The van der Waals surface area contributed by atoms with Gasteiger partial charge in [-0.25, -0.2) is 0 Å². The Morgan fingerprint density at radius 2 is 1.33 bits per heavy atom. The van der Waals surface area contributed by atoms with Crippen LogP contribution >= 0.6 is 23.2 Å². The molecule has 0 aliphatic rings. The van der Waals surface area contributed by atoms with Crippen LogP contribution in [0.4, 0.5) is 18.9 Å². The molecule has 0 fully saturated rings. The summed E-state index contributed by atoms with van der Waals surface area (Å²) in [6, 6.07) is 20.0. The molecule has 0 aliphatic carbocycles. The van der Waals surface area contributed by atoms with Gasteiger partial charge in [0.15, 0.2) is 0 Å². The lowest BCUT2D eigenvalue weighted by Crippen LogP contribution is -2.16. The quantitative estimate of drug-likeness (QED) is 0.305. The predicted octanol–water partition coefficient (Wildman–Crippen LogP) is 8.32. The second-order valence-corrected chi connectivity index (χ2v) is 7.77. The lowest BCUT2D eigenvalue weighted by atomic mass is 10.1. The molecule has 0 bridgehead atoms. The van der Waals surface area contributed by atoms with Crippen LogP contribution in [0.2, 0.25) is 10.0 Å². The fourth-order valence-corrected chi connectivity index (χ4v) is 3.22. The van der Waals surface area contributed by atoms with E-state index in [1.807, 2.05) is 0 Å². The van der Waals surface area contributed by atoms with Crippen molar-refractivity contribution in [3.8, 4) is 22.8 Å². The van der Waals surface area contributed by atoms with Crippen LogP contribution in [0, 0.1) is 0 Å². The zero-order valence-electron chi connectivity index (χ0n) is 16.6. The molecule has 3 aromatic carbocycles. The molecule has 0 aliphatic heterocycles. The number of carbonyl (C=O) groups is 1. The molecule has 4 aromatic rings. The minimum absolute atomic E-state index is 0.101. The van der Waals surface area contributed by atoms with Crippen LogP contribution in [-0.4, -0.2) is 5.91 Å². The number of alkyl halides is 3. The molecule has 168 valence electrons. The molecule has 9 heteroatoms. The molecule has 0 spiro atoms. The van der Waals surface area contributed by atoms with E-state index in [4.69, 9.17) is 32.4 Å². The van der Waals surface area contributed by atoms with Gasteiger partial charge >= 0.3 is 6.18 Å². The van der Waals surface area contributed by atoms with Gasteiger partial charge < -0.3 is 14.5 Å². The monoisotopic (exact) mass is 491 g/mol. The highest BCUT2D eigenvalue weighted by Gasteiger charge is 2.40. The minimum atomic E-state index is -4.85. The fraction of sp³-hybridized carbons (Fsp3) is 0.0417. The molecule has 0 unspecified atom stereocenters. The van der Waals surface area contributed by atoms with Crippen LogP contribution in [0.3, 0.4) is 0 Å². The second-order valence-electron chi connectivity index (χ2n) is 6.89. The summed E-state index contributed by atoms with van der Waals surface area (Å²) in [5, 5.41) is 3.44. The average Bonchev–Trinajstić information content (AvgIpc) is 3.24. The van der Waals surface area contributed by atoms with Crippen molar-refractivity contribution >= 4 is 34.8 Å². The molecule has 1 heterocycles. The van der Waals surface area contributed by atoms with Gasteiger partial charge in [0.05, 0.1) is 5.56 Å². The van der Waals surface area contributed by atoms with Crippen LogP contribution in [-0.2, 0) is 6.18 Å². The molecule has 4 rings (SSSR count). The number of amides is 1. The Hall–Kier alpha value is -3.42. The maximum absolute atomic E-state index is 13.5. The van der Waals surface area contributed by atoms with Gasteiger partial charge in [-0.3, -0.25) is 4.79 Å². The first kappa shape index (κ1) is 22.8. The largest absolute Gasteiger partial charge is 0.457 e. The van der Waals surface area contributed by atoms with Gasteiger partial charge in [0.25, 0.3) is 5.91 Å². The zero-order chi connectivity index (χ0) is 23.6. The zero-order valence-corrected chi connectivity index (χ0v) is 18.1. The van der Waals surface area contributed by atoms with Crippen molar-refractivity contribution in [1.29, 1.82) is 0 Å². The Balaban J connectivity index is 1.53. The third-order valence-electron chi connectivity index (χ3n) is 4.52. The molecule has 1 amide bonds. The first-order valence-corrected chi connectivity index (χ1v) is 10.3. The maximum Gasteiger partial charge on any atom is 0.450 e. The Labute approximate surface area is 196 Å². The van der Waals surface area contributed by atoms with E-state index in [2.05, 4.69) is 5.32 Å². The summed E-state index contributed by atoms with van der Waals surface area (Å²) in [6.45, 7) is 0. The van der Waals surface area contributed by atoms with Crippen LogP contribution in [0.5, 0.6) is 11.5 Å². The molecule has 0 saturated heterocycles. The van der Waals surface area contributed by atoms with Gasteiger partial charge in [-0.15, -0.1) is 0 Å². The van der Waals surface area contributed by atoms with Gasteiger partial charge in [0, 0.05) is 21.3 Å². The third-order valence-corrected chi connectivity index (χ3v) is 5.03. The van der Waals surface area contributed by atoms with Gasteiger partial charge in [-0.05, 0) is 78.9 Å². The van der Waals surface area contributed by atoms with Gasteiger partial charge in [-0.2, -0.15) is 13.2 Å². The second kappa shape index (κ2) is 9.21. The summed E-state index contributed by atoms with van der Waals surface area (Å²) in [7, 11) is 0. The third kappa shape index (κ3) is 5.50. The number of ether oxygens (including phenoxy) is 1. The van der Waals surface area contributed by atoms with Crippen LogP contribution in [0.1, 0.15) is 16.1 Å². The topological polar surface area (TPSA) is 51.5 Å². The number of rotatable bonds is 5. The Morgan fingerprint density at radius 1 is 0.818 bits per heavy atom. The van der Waals surface area contributed by atoms with E-state index in [9.17, 15) is 18.0 Å². The number of benzene rings is 3. The van der Waals surface area contributed by atoms with Crippen LogP contribution < -0.4 is 10.1 Å². The highest BCUT2D eigenvalue weighted by molar-refractivity contribution is 6.30. The van der Waals surface area contributed by atoms with Crippen molar-refractivity contribution < 1.29 is 27.1 Å². The van der Waals surface area contributed by atoms with Gasteiger partial charge in [0.1, 0.15) is 17.3 Å². The summed E-state index contributed by atoms with van der Waals surface area (Å²) in [4.78, 5) is 12.7. The fourth-order valence-electron chi connectivity index (χ4n) is 2.97. The lowest BCUT2D eigenvalue weighted by molar-refractivity contribution is -0.153. The number of furan rings is 1. The average molecular weight is 492 g/mol. The molecule has 1 N–H and O–H groups in total. The van der Waals surface area contributed by atoms with Crippen molar-refractivity contribution in [3.05, 3.63) is 100 Å². The standard InChI is InChI=1S/C24H14Cl2F3NO3/c25-15-3-1-14(2-4-15)21-13-20(22(33-21)24(27,28)29)23(31)30-17-7-11-19(12-8-17)32-18-9-5-16(26)6-10-18/h1-13H,(H,30,31). The van der Waals surface area contributed by atoms with Crippen molar-refractivity contribution in [2.45, 2.75) is 6.18 Å². The Morgan fingerprint density at radius 3 is 1.88 bits per heavy atom. The predicted molar refractivity (Wildman–Crippen MR) is 120 cm³/mol. The molecule has 4 nitrogen and oxygen atoms in total. The van der Waals surface area contributed by atoms with E-state index in [1.165, 1.54) is 36.4 Å². The molecule has 1 aromatic heterocycles. The molecule has 0 saturated carbocycles. The van der Waals surface area contributed by atoms with E-state index in [1.54, 1.807) is 36.4 Å². The van der Waals surface area contributed by atoms with Crippen LogP contribution in [0.25, 0.3) is 11.3 Å². The van der Waals surface area contributed by atoms with E-state index in [0.717, 1.165) is 6.07 Å². The molecule has 0 atom stereocenters. The van der Waals surface area contributed by atoms with Crippen molar-refractivity contribution in [1.82, 2.24) is 0 Å². The number of nitrogens with one attached hydrogen (secondary N) is 1. The summed E-state index contributed by atoms with van der Waals surface area (Å²) < 4.78 is 51.2. The lowest BCUT2D eigenvalue weighted by Gasteiger charge is -2.09. The summed E-state index contributed by atoms with van der Waals surface area (Å²) in [5.74, 6) is -1.42. The molecule has 33 heavy (non-hydrogen) atoms. The highest BCUT2D eigenvalue weighted by Crippen LogP contribution is 2.38. The van der Waals surface area contributed by atoms with E-state index in [0.29, 0.717) is 27.1 Å². The number of hydrogen-bond donors (Lipinski definition) is 1. The smallest absolute Gasteiger partial charge is 0.450 e. The number of halogens is 5. The minimum Gasteiger partial charge on any atom is -0.457 e. The number of hydrogen-bond acceptors (Lipinski definition) is 3. The van der Waals surface area contributed by atoms with Crippen molar-refractivity contribution in [2.75, 3.05) is 5.32 Å². The SMILES string of the molecule is O=C(Nc1ccc(Oc2ccc(Cl)cc2)cc1)c1cc(-c2ccc(Cl)cc2)oc1C(F)(F)F. The van der Waals surface area contributed by atoms with E-state index < -0.39 is 23.4 Å². The highest BCUT2D eigenvalue weighted by atomic mass is 35.5. The summed E-state index contributed by atoms with van der Waals surface area (Å²) >= 11 is 11.7. The number of carbonyl (C=O) groups excluding carboxylic acids is 1. The molecular weight excluding hydrogens is 478 g/mol. The van der Waals surface area contributed by atoms with Gasteiger partial charge in [0.2, 0.25) is 5.76 Å². The molecular formula is C24H14Cl2F3NO3. The Bertz CT molecular complexity index is 1270. The van der Waals surface area contributed by atoms with Crippen molar-refractivity contribution in [3.63, 3.8) is 0 Å². The summed E-state index contributed by atoms with van der Waals surface area (Å²) in [6.07, 6.45) is -4.85. The Kier molecular flexibility index (Phi) is 6.35. The van der Waals surface area contributed by atoms with Crippen LogP contribution in [0.15, 0.2) is 83.3 Å². The van der Waals surface area contributed by atoms with Crippen molar-refractivity contribution in [2.24, 2.45) is 0 Å². The molecule has 0 radical (unpaired) electrons.